The van der Waals surface area contributed by atoms with Gasteiger partial charge in [0.15, 0.2) is 0 Å². The Labute approximate surface area is 124 Å². The lowest BCUT2D eigenvalue weighted by molar-refractivity contribution is -0.148. The smallest absolute Gasteiger partial charge is 0.335 e. The molecule has 0 radical (unpaired) electrons. The van der Waals surface area contributed by atoms with Gasteiger partial charge in [0.1, 0.15) is 5.75 Å². The van der Waals surface area contributed by atoms with Crippen molar-refractivity contribution < 1.29 is 14.4 Å². The monoisotopic (exact) mass is 285 g/mol. The molecular formula is C17H19NO3. The largest absolute Gasteiger partial charge is 0.497 e. The van der Waals surface area contributed by atoms with Gasteiger partial charge >= 0.3 is 5.97 Å². The Hall–Kier alpha value is -2.23. The lowest BCUT2D eigenvalue weighted by Gasteiger charge is -2.13. The third-order valence-corrected chi connectivity index (χ3v) is 3.96. The van der Waals surface area contributed by atoms with Gasteiger partial charge in [-0.05, 0) is 37.1 Å². The van der Waals surface area contributed by atoms with Gasteiger partial charge in [-0.1, -0.05) is 25.0 Å². The molecule has 0 aliphatic heterocycles. The Morgan fingerprint density at radius 2 is 2.00 bits per heavy atom. The average Bonchev–Trinajstić information content (AvgIpc) is 3.18. The molecule has 4 heteroatoms. The highest BCUT2D eigenvalue weighted by atomic mass is 16.7. The zero-order valence-electron chi connectivity index (χ0n) is 12.1. The first kappa shape index (κ1) is 13.7. The molecule has 3 rings (SSSR count). The summed E-state index contributed by atoms with van der Waals surface area (Å²) in [7, 11) is 1.64. The summed E-state index contributed by atoms with van der Waals surface area (Å²) >= 11 is 0. The van der Waals surface area contributed by atoms with Crippen LogP contribution in [0.15, 0.2) is 42.6 Å². The van der Waals surface area contributed by atoms with Gasteiger partial charge in [0.25, 0.3) is 0 Å². The second kappa shape index (κ2) is 6.04. The van der Waals surface area contributed by atoms with Gasteiger partial charge in [-0.2, -0.15) is 4.73 Å². The molecule has 21 heavy (non-hydrogen) atoms. The summed E-state index contributed by atoms with van der Waals surface area (Å²) in [6.45, 7) is 0. The molecule has 0 amide bonds. The predicted octanol–water partition coefficient (Wildman–Crippen LogP) is 3.31. The molecule has 1 aliphatic carbocycles. The first-order chi connectivity index (χ1) is 10.3. The van der Waals surface area contributed by atoms with E-state index >= 15 is 0 Å². The standard InChI is InChI=1S/C17H19NO3/c1-20-15-9-4-8-14(12-15)16-10-5-11-18(16)21-17(19)13-6-2-3-7-13/h4-5,8-13H,2-3,6-7H2,1H3. The van der Waals surface area contributed by atoms with Crippen LogP contribution in [0.5, 0.6) is 5.75 Å². The van der Waals surface area contributed by atoms with Crippen molar-refractivity contribution in [1.82, 2.24) is 4.73 Å². The first-order valence-electron chi connectivity index (χ1n) is 7.32. The molecule has 1 aliphatic rings. The second-order valence-electron chi connectivity index (χ2n) is 5.34. The van der Waals surface area contributed by atoms with E-state index < -0.39 is 0 Å². The molecular weight excluding hydrogens is 266 g/mol. The van der Waals surface area contributed by atoms with Gasteiger partial charge < -0.3 is 9.57 Å². The topological polar surface area (TPSA) is 40.5 Å². The van der Waals surface area contributed by atoms with Crippen molar-refractivity contribution in [2.75, 3.05) is 7.11 Å². The molecule has 0 atom stereocenters. The van der Waals surface area contributed by atoms with Crippen molar-refractivity contribution in [2.24, 2.45) is 5.92 Å². The third-order valence-electron chi connectivity index (χ3n) is 3.96. The predicted molar refractivity (Wildman–Crippen MR) is 80.0 cm³/mol. The van der Waals surface area contributed by atoms with E-state index in [1.165, 1.54) is 0 Å². The molecule has 4 nitrogen and oxygen atoms in total. The molecule has 0 saturated heterocycles. The van der Waals surface area contributed by atoms with Crippen LogP contribution >= 0.6 is 0 Å². The number of hydrogen-bond acceptors (Lipinski definition) is 3. The van der Waals surface area contributed by atoms with Crippen molar-refractivity contribution in [1.29, 1.82) is 0 Å². The van der Waals surface area contributed by atoms with Gasteiger partial charge in [-0.3, -0.25) is 0 Å². The number of carbonyl (C=O) groups is 1. The van der Waals surface area contributed by atoms with Crippen LogP contribution in [0.3, 0.4) is 0 Å². The maximum absolute atomic E-state index is 12.2. The van der Waals surface area contributed by atoms with Crippen molar-refractivity contribution >= 4 is 5.97 Å². The number of carbonyl (C=O) groups excluding carboxylic acids is 1. The highest BCUT2D eigenvalue weighted by molar-refractivity contribution is 5.73. The van der Waals surface area contributed by atoms with Crippen molar-refractivity contribution in [3.63, 3.8) is 0 Å². The fourth-order valence-electron chi connectivity index (χ4n) is 2.78. The maximum atomic E-state index is 12.2. The Morgan fingerprint density at radius 3 is 2.76 bits per heavy atom. The Morgan fingerprint density at radius 1 is 1.19 bits per heavy atom. The number of nitrogens with zero attached hydrogens (tertiary/aromatic N) is 1. The molecule has 1 heterocycles. The summed E-state index contributed by atoms with van der Waals surface area (Å²) in [6, 6.07) is 11.5. The van der Waals surface area contributed by atoms with Crippen LogP contribution in [0.2, 0.25) is 0 Å². The van der Waals surface area contributed by atoms with Crippen LogP contribution in [0.4, 0.5) is 0 Å². The van der Waals surface area contributed by atoms with Crippen LogP contribution in [0.25, 0.3) is 11.3 Å². The average molecular weight is 285 g/mol. The maximum Gasteiger partial charge on any atom is 0.335 e. The van der Waals surface area contributed by atoms with E-state index in [1.807, 2.05) is 36.4 Å². The molecule has 0 spiro atoms. The zero-order chi connectivity index (χ0) is 14.7. The second-order valence-corrected chi connectivity index (χ2v) is 5.34. The van der Waals surface area contributed by atoms with E-state index in [0.29, 0.717) is 0 Å². The molecule has 110 valence electrons. The summed E-state index contributed by atoms with van der Waals surface area (Å²) in [4.78, 5) is 17.7. The van der Waals surface area contributed by atoms with Crippen LogP contribution in [0, 0.1) is 5.92 Å². The van der Waals surface area contributed by atoms with Crippen molar-refractivity contribution in [3.8, 4) is 17.0 Å². The first-order valence-corrected chi connectivity index (χ1v) is 7.32. The fourth-order valence-corrected chi connectivity index (χ4v) is 2.78. The Bertz CT molecular complexity index is 626. The van der Waals surface area contributed by atoms with Crippen LogP contribution in [-0.2, 0) is 4.79 Å². The Balaban J connectivity index is 1.81. The van der Waals surface area contributed by atoms with E-state index in [1.54, 1.807) is 18.0 Å². The number of benzene rings is 1. The number of aromatic nitrogens is 1. The molecule has 1 aromatic heterocycles. The van der Waals surface area contributed by atoms with E-state index in [4.69, 9.17) is 9.57 Å². The van der Waals surface area contributed by atoms with Crippen LogP contribution in [-0.4, -0.2) is 17.8 Å². The molecule has 1 saturated carbocycles. The van der Waals surface area contributed by atoms with E-state index in [-0.39, 0.29) is 11.9 Å². The Kier molecular flexibility index (Phi) is 3.95. The van der Waals surface area contributed by atoms with Crippen LogP contribution < -0.4 is 9.57 Å². The third kappa shape index (κ3) is 2.94. The summed E-state index contributed by atoms with van der Waals surface area (Å²) < 4.78 is 6.79. The minimum absolute atomic E-state index is 0.0468. The van der Waals surface area contributed by atoms with Gasteiger partial charge in [-0.15, -0.1) is 0 Å². The van der Waals surface area contributed by atoms with Crippen LogP contribution in [0.1, 0.15) is 25.7 Å². The molecule has 0 unspecified atom stereocenters. The summed E-state index contributed by atoms with van der Waals surface area (Å²) in [6.07, 6.45) is 5.88. The van der Waals surface area contributed by atoms with Gasteiger partial charge in [0.05, 0.1) is 18.7 Å². The minimum atomic E-state index is -0.132. The van der Waals surface area contributed by atoms with Gasteiger partial charge in [0.2, 0.25) is 0 Å². The highest BCUT2D eigenvalue weighted by Gasteiger charge is 2.25. The summed E-state index contributed by atoms with van der Waals surface area (Å²) in [5.41, 5.74) is 1.80. The van der Waals surface area contributed by atoms with Crippen molar-refractivity contribution in [2.45, 2.75) is 25.7 Å². The van der Waals surface area contributed by atoms with Crippen molar-refractivity contribution in [3.05, 3.63) is 42.6 Å². The summed E-state index contributed by atoms with van der Waals surface area (Å²) in [5, 5.41) is 0. The SMILES string of the molecule is COc1cccc(-c2cccn2OC(=O)C2CCCC2)c1. The molecule has 1 aromatic carbocycles. The molecule has 1 fully saturated rings. The number of rotatable bonds is 4. The molecule has 0 bridgehead atoms. The van der Waals surface area contributed by atoms with Gasteiger partial charge in [-0.25, -0.2) is 4.79 Å². The number of ether oxygens (including phenoxy) is 1. The normalized spacial score (nSPS) is 15.1. The zero-order valence-corrected chi connectivity index (χ0v) is 12.1. The van der Waals surface area contributed by atoms with E-state index in [0.717, 1.165) is 42.7 Å². The summed E-state index contributed by atoms with van der Waals surface area (Å²) in [5.74, 6) is 0.695. The fraction of sp³-hybridized carbons (Fsp3) is 0.353. The minimum Gasteiger partial charge on any atom is -0.497 e. The molecule has 0 N–H and O–H groups in total. The van der Waals surface area contributed by atoms with Gasteiger partial charge in [0, 0.05) is 11.8 Å². The number of methoxy groups -OCH3 is 1. The highest BCUT2D eigenvalue weighted by Crippen LogP contribution is 2.27. The quantitative estimate of drug-likeness (QED) is 0.865. The number of hydrogen-bond donors (Lipinski definition) is 0. The lowest BCUT2D eigenvalue weighted by atomic mass is 10.1. The lowest BCUT2D eigenvalue weighted by Crippen LogP contribution is -2.25. The van der Waals surface area contributed by atoms with E-state index in [2.05, 4.69) is 0 Å². The van der Waals surface area contributed by atoms with E-state index in [9.17, 15) is 4.79 Å². The molecule has 2 aromatic rings.